The van der Waals surface area contributed by atoms with Gasteiger partial charge in [-0.1, -0.05) is 18.1 Å². The molecule has 1 aromatic carbocycles. The fourth-order valence-corrected chi connectivity index (χ4v) is 0.905. The highest BCUT2D eigenvalue weighted by Crippen LogP contribution is 2.19. The summed E-state index contributed by atoms with van der Waals surface area (Å²) < 4.78 is 0. The minimum atomic E-state index is -0.510. The quantitative estimate of drug-likeness (QED) is 0.357. The minimum Gasteiger partial charge on any atom is -0.258 e. The van der Waals surface area contributed by atoms with Crippen LogP contribution in [0.4, 0.5) is 5.69 Å². The highest BCUT2D eigenvalue weighted by molar-refractivity contribution is 5.55. The predicted octanol–water partition coefficient (Wildman–Crippen LogP) is 1.76. The van der Waals surface area contributed by atoms with Crippen LogP contribution in [0.15, 0.2) is 18.2 Å². The molecule has 0 spiro atoms. The van der Waals surface area contributed by atoms with E-state index in [9.17, 15) is 10.1 Å². The molecule has 0 aromatic heterocycles. The topological polar surface area (TPSA) is 43.1 Å². The highest BCUT2D eigenvalue weighted by atomic mass is 16.6. The first-order valence-corrected chi connectivity index (χ1v) is 3.23. The van der Waals surface area contributed by atoms with Gasteiger partial charge in [-0.25, -0.2) is 0 Å². The molecule has 0 aliphatic heterocycles. The Morgan fingerprint density at radius 1 is 1.58 bits per heavy atom. The molecule has 0 aliphatic carbocycles. The Kier molecular flexibility index (Phi) is 2.11. The maximum absolute atomic E-state index is 10.4. The summed E-state index contributed by atoms with van der Waals surface area (Å²) >= 11 is 0. The van der Waals surface area contributed by atoms with Crippen molar-refractivity contribution in [3.05, 3.63) is 46.4 Å². The van der Waals surface area contributed by atoms with Crippen molar-refractivity contribution in [2.75, 3.05) is 0 Å². The average molecular weight is 160 g/mol. The Morgan fingerprint density at radius 3 is 2.67 bits per heavy atom. The summed E-state index contributed by atoms with van der Waals surface area (Å²) in [6.45, 7) is 3.59. The van der Waals surface area contributed by atoms with Crippen molar-refractivity contribution in [2.45, 2.75) is 0 Å². The Morgan fingerprint density at radius 2 is 2.25 bits per heavy atom. The van der Waals surface area contributed by atoms with Crippen molar-refractivity contribution in [1.29, 1.82) is 0 Å². The van der Waals surface area contributed by atoms with E-state index in [1.807, 2.05) is 0 Å². The minimum absolute atomic E-state index is 0.0648. The summed E-state index contributed by atoms with van der Waals surface area (Å²) in [7, 11) is 0. The molecule has 0 saturated heterocycles. The number of hydrogen-bond donors (Lipinski definition) is 0. The third-order valence-electron chi connectivity index (χ3n) is 1.47. The molecule has 12 heavy (non-hydrogen) atoms. The lowest BCUT2D eigenvalue weighted by Crippen LogP contribution is -1.93. The van der Waals surface area contributed by atoms with E-state index in [1.54, 1.807) is 12.1 Å². The first-order chi connectivity index (χ1) is 5.66. The maximum Gasteiger partial charge on any atom is 0.285 e. The predicted molar refractivity (Wildman–Crippen MR) is 45.5 cm³/mol. The third kappa shape index (κ3) is 1.28. The number of rotatable bonds is 1. The molecule has 1 radical (unpaired) electrons. The smallest absolute Gasteiger partial charge is 0.258 e. The number of nitro groups is 1. The fourth-order valence-electron chi connectivity index (χ4n) is 0.905. The molecule has 0 unspecified atom stereocenters. The molecule has 59 valence electrons. The van der Waals surface area contributed by atoms with Gasteiger partial charge in [-0.15, -0.1) is 6.42 Å². The van der Waals surface area contributed by atoms with Crippen molar-refractivity contribution in [3.8, 4) is 12.3 Å². The maximum atomic E-state index is 10.4. The van der Waals surface area contributed by atoms with Crippen LogP contribution >= 0.6 is 0 Å². The lowest BCUT2D eigenvalue weighted by Gasteiger charge is -1.97. The molecule has 3 nitrogen and oxygen atoms in total. The van der Waals surface area contributed by atoms with Gasteiger partial charge in [0.1, 0.15) is 5.56 Å². The van der Waals surface area contributed by atoms with Crippen LogP contribution in [-0.4, -0.2) is 4.92 Å². The van der Waals surface area contributed by atoms with Crippen LogP contribution in [0.2, 0.25) is 0 Å². The summed E-state index contributed by atoms with van der Waals surface area (Å²) in [6, 6.07) is 4.56. The number of terminal acetylenes is 1. The van der Waals surface area contributed by atoms with Gasteiger partial charge in [-0.05, 0) is 12.5 Å². The SMILES string of the molecule is C#Cc1c([CH2])cccc1[N+](=O)[O-]. The lowest BCUT2D eigenvalue weighted by atomic mass is 10.1. The molecule has 0 fully saturated rings. The molecule has 0 heterocycles. The van der Waals surface area contributed by atoms with Crippen molar-refractivity contribution in [1.82, 2.24) is 0 Å². The van der Waals surface area contributed by atoms with E-state index in [0.717, 1.165) is 0 Å². The van der Waals surface area contributed by atoms with E-state index in [4.69, 9.17) is 6.42 Å². The highest BCUT2D eigenvalue weighted by Gasteiger charge is 2.12. The van der Waals surface area contributed by atoms with E-state index in [1.165, 1.54) is 6.07 Å². The first-order valence-electron chi connectivity index (χ1n) is 3.23. The van der Waals surface area contributed by atoms with E-state index < -0.39 is 4.92 Å². The lowest BCUT2D eigenvalue weighted by molar-refractivity contribution is -0.385. The summed E-state index contributed by atoms with van der Waals surface area (Å²) in [6.07, 6.45) is 5.09. The fraction of sp³-hybridized carbons (Fsp3) is 0. The van der Waals surface area contributed by atoms with Gasteiger partial charge in [-0.3, -0.25) is 10.1 Å². The zero-order chi connectivity index (χ0) is 9.14. The Labute approximate surface area is 70.2 Å². The molecule has 0 N–H and O–H groups in total. The van der Waals surface area contributed by atoms with E-state index in [-0.39, 0.29) is 11.3 Å². The molecule has 0 saturated carbocycles. The van der Waals surface area contributed by atoms with Crippen molar-refractivity contribution in [3.63, 3.8) is 0 Å². The van der Waals surface area contributed by atoms with Crippen LogP contribution in [0.25, 0.3) is 0 Å². The molecule has 3 heteroatoms. The van der Waals surface area contributed by atoms with Crippen LogP contribution in [0.3, 0.4) is 0 Å². The van der Waals surface area contributed by atoms with Gasteiger partial charge in [0.2, 0.25) is 0 Å². The molecular formula is C9H6NO2. The van der Waals surface area contributed by atoms with Crippen molar-refractivity contribution in [2.24, 2.45) is 0 Å². The second-order valence-electron chi connectivity index (χ2n) is 2.21. The molecule has 1 rings (SSSR count). The molecule has 0 amide bonds. The van der Waals surface area contributed by atoms with Gasteiger partial charge in [0.05, 0.1) is 4.92 Å². The van der Waals surface area contributed by atoms with Crippen LogP contribution < -0.4 is 0 Å². The van der Waals surface area contributed by atoms with Gasteiger partial charge in [0, 0.05) is 6.07 Å². The van der Waals surface area contributed by atoms with E-state index in [2.05, 4.69) is 12.8 Å². The Hall–Kier alpha value is -1.82. The number of nitro benzene ring substituents is 1. The average Bonchev–Trinajstić information content (AvgIpc) is 2.03. The van der Waals surface area contributed by atoms with Gasteiger partial charge >= 0.3 is 0 Å². The van der Waals surface area contributed by atoms with Crippen molar-refractivity contribution >= 4 is 5.69 Å². The van der Waals surface area contributed by atoms with Gasteiger partial charge < -0.3 is 0 Å². The monoisotopic (exact) mass is 160 g/mol. The van der Waals surface area contributed by atoms with Crippen LogP contribution in [0, 0.1) is 29.4 Å². The number of benzene rings is 1. The van der Waals surface area contributed by atoms with Crippen LogP contribution in [0.1, 0.15) is 11.1 Å². The van der Waals surface area contributed by atoms with E-state index >= 15 is 0 Å². The van der Waals surface area contributed by atoms with Crippen molar-refractivity contribution < 1.29 is 4.92 Å². The first kappa shape index (κ1) is 8.28. The molecule has 0 atom stereocenters. The zero-order valence-corrected chi connectivity index (χ0v) is 6.28. The van der Waals surface area contributed by atoms with Gasteiger partial charge in [-0.2, -0.15) is 0 Å². The van der Waals surface area contributed by atoms with E-state index in [0.29, 0.717) is 5.56 Å². The second-order valence-corrected chi connectivity index (χ2v) is 2.21. The van der Waals surface area contributed by atoms with Crippen LogP contribution in [-0.2, 0) is 0 Å². The van der Waals surface area contributed by atoms with Gasteiger partial charge in [0.25, 0.3) is 5.69 Å². The van der Waals surface area contributed by atoms with Crippen LogP contribution in [0.5, 0.6) is 0 Å². The normalized spacial score (nSPS) is 9.00. The number of hydrogen-bond acceptors (Lipinski definition) is 2. The molecular weight excluding hydrogens is 154 g/mol. The summed E-state index contributed by atoms with van der Waals surface area (Å²) in [4.78, 5) is 9.91. The largest absolute Gasteiger partial charge is 0.285 e. The summed E-state index contributed by atoms with van der Waals surface area (Å²) in [5.74, 6) is 2.24. The van der Waals surface area contributed by atoms with Gasteiger partial charge in [0.15, 0.2) is 0 Å². The molecule has 0 aliphatic rings. The Bertz CT molecular complexity index is 363. The Balaban J connectivity index is 3.40. The number of nitrogens with zero attached hydrogens (tertiary/aromatic N) is 1. The molecule has 1 aromatic rings. The zero-order valence-electron chi connectivity index (χ0n) is 6.28. The molecule has 0 bridgehead atoms. The summed E-state index contributed by atoms with van der Waals surface area (Å²) in [5, 5.41) is 10.4. The summed E-state index contributed by atoms with van der Waals surface area (Å²) in [5.41, 5.74) is 0.694. The third-order valence-corrected chi connectivity index (χ3v) is 1.47. The standard InChI is InChI=1S/C9H6NO2/c1-3-8-7(2)5-4-6-9(8)10(11)12/h1,4-6H,2H2. The second kappa shape index (κ2) is 3.05.